The number of rotatable bonds is 4. The SMILES string of the molecule is N#Cc1cccc(CON=Cc2cccc(F)c2)c1. The lowest BCUT2D eigenvalue weighted by molar-refractivity contribution is 0.132. The summed E-state index contributed by atoms with van der Waals surface area (Å²) in [6, 6.07) is 15.2. The van der Waals surface area contributed by atoms with Gasteiger partial charge in [0.15, 0.2) is 0 Å². The van der Waals surface area contributed by atoms with Gasteiger partial charge in [0.2, 0.25) is 0 Å². The van der Waals surface area contributed by atoms with Gasteiger partial charge in [-0.3, -0.25) is 0 Å². The predicted molar refractivity (Wildman–Crippen MR) is 69.9 cm³/mol. The highest BCUT2D eigenvalue weighted by Gasteiger charge is 1.95. The van der Waals surface area contributed by atoms with E-state index in [1.54, 1.807) is 30.3 Å². The first-order chi connectivity index (χ1) is 9.28. The second-order valence-electron chi connectivity index (χ2n) is 3.88. The maximum atomic E-state index is 12.9. The lowest BCUT2D eigenvalue weighted by Gasteiger charge is -2.00. The van der Waals surface area contributed by atoms with Crippen LogP contribution >= 0.6 is 0 Å². The maximum absolute atomic E-state index is 12.9. The quantitative estimate of drug-likeness (QED) is 0.621. The first-order valence-electron chi connectivity index (χ1n) is 5.68. The molecule has 0 unspecified atom stereocenters. The smallest absolute Gasteiger partial charge is 0.142 e. The van der Waals surface area contributed by atoms with Crippen molar-refractivity contribution in [3.05, 3.63) is 71.0 Å². The fourth-order valence-corrected chi connectivity index (χ4v) is 1.53. The topological polar surface area (TPSA) is 45.4 Å². The minimum absolute atomic E-state index is 0.265. The summed E-state index contributed by atoms with van der Waals surface area (Å²) in [5.74, 6) is -0.314. The molecule has 0 N–H and O–H groups in total. The molecule has 4 heteroatoms. The van der Waals surface area contributed by atoms with Gasteiger partial charge in [-0.1, -0.05) is 29.4 Å². The molecule has 0 spiro atoms. The fraction of sp³-hybridized carbons (Fsp3) is 0.0667. The monoisotopic (exact) mass is 254 g/mol. The number of halogens is 1. The summed E-state index contributed by atoms with van der Waals surface area (Å²) in [7, 11) is 0. The van der Waals surface area contributed by atoms with Crippen LogP contribution in [-0.4, -0.2) is 6.21 Å². The van der Waals surface area contributed by atoms with Crippen LogP contribution < -0.4 is 0 Å². The minimum Gasteiger partial charge on any atom is -0.391 e. The average molecular weight is 254 g/mol. The van der Waals surface area contributed by atoms with Gasteiger partial charge in [-0.25, -0.2) is 4.39 Å². The number of nitrogens with zero attached hydrogens (tertiary/aromatic N) is 2. The molecule has 0 saturated carbocycles. The van der Waals surface area contributed by atoms with Gasteiger partial charge in [0.25, 0.3) is 0 Å². The predicted octanol–water partition coefficient (Wildman–Crippen LogP) is 3.25. The van der Waals surface area contributed by atoms with Gasteiger partial charge >= 0.3 is 0 Å². The van der Waals surface area contributed by atoms with Crippen LogP contribution in [0.25, 0.3) is 0 Å². The van der Waals surface area contributed by atoms with Crippen molar-refractivity contribution in [1.82, 2.24) is 0 Å². The van der Waals surface area contributed by atoms with Crippen LogP contribution in [0.4, 0.5) is 4.39 Å². The van der Waals surface area contributed by atoms with Gasteiger partial charge in [-0.15, -0.1) is 0 Å². The molecule has 0 aliphatic heterocycles. The fourth-order valence-electron chi connectivity index (χ4n) is 1.53. The summed E-state index contributed by atoms with van der Waals surface area (Å²) >= 11 is 0. The van der Waals surface area contributed by atoms with Gasteiger partial charge in [-0.05, 0) is 35.4 Å². The Morgan fingerprint density at radius 3 is 2.84 bits per heavy atom. The summed E-state index contributed by atoms with van der Waals surface area (Å²) in [5, 5.41) is 12.5. The molecule has 19 heavy (non-hydrogen) atoms. The normalized spacial score (nSPS) is 10.3. The van der Waals surface area contributed by atoms with E-state index < -0.39 is 0 Å². The Kier molecular flexibility index (Phi) is 4.25. The molecule has 0 fully saturated rings. The molecular formula is C15H11FN2O. The number of benzene rings is 2. The summed E-state index contributed by atoms with van der Waals surface area (Å²) < 4.78 is 12.9. The van der Waals surface area contributed by atoms with E-state index in [0.29, 0.717) is 11.1 Å². The van der Waals surface area contributed by atoms with Crippen LogP contribution in [0.2, 0.25) is 0 Å². The van der Waals surface area contributed by atoms with Crippen LogP contribution in [0, 0.1) is 17.1 Å². The summed E-state index contributed by atoms with van der Waals surface area (Å²) in [4.78, 5) is 5.10. The van der Waals surface area contributed by atoms with Crippen molar-refractivity contribution in [2.24, 2.45) is 5.16 Å². The molecule has 0 heterocycles. The molecule has 0 aromatic heterocycles. The van der Waals surface area contributed by atoms with E-state index in [1.165, 1.54) is 18.3 Å². The van der Waals surface area contributed by atoms with Crippen LogP contribution in [-0.2, 0) is 11.4 Å². The lowest BCUT2D eigenvalue weighted by Crippen LogP contribution is -1.89. The van der Waals surface area contributed by atoms with Crippen molar-refractivity contribution in [2.45, 2.75) is 6.61 Å². The Labute approximate surface area is 110 Å². The number of oxime groups is 1. The third-order valence-electron chi connectivity index (χ3n) is 2.41. The highest BCUT2D eigenvalue weighted by molar-refractivity contribution is 5.78. The largest absolute Gasteiger partial charge is 0.391 e. The molecule has 0 radical (unpaired) electrons. The van der Waals surface area contributed by atoms with Crippen LogP contribution in [0.15, 0.2) is 53.7 Å². The lowest BCUT2D eigenvalue weighted by atomic mass is 10.1. The molecule has 0 bridgehead atoms. The third kappa shape index (κ3) is 3.93. The summed E-state index contributed by atoms with van der Waals surface area (Å²) in [6.07, 6.45) is 1.44. The minimum atomic E-state index is -0.314. The first kappa shape index (κ1) is 12.8. The molecular weight excluding hydrogens is 243 g/mol. The van der Waals surface area contributed by atoms with E-state index in [0.717, 1.165) is 5.56 Å². The van der Waals surface area contributed by atoms with Gasteiger partial charge < -0.3 is 4.84 Å². The average Bonchev–Trinajstić information content (AvgIpc) is 2.44. The van der Waals surface area contributed by atoms with E-state index in [1.807, 2.05) is 6.07 Å². The number of hydrogen-bond acceptors (Lipinski definition) is 3. The molecule has 94 valence electrons. The molecule has 0 saturated heterocycles. The first-order valence-corrected chi connectivity index (χ1v) is 5.68. The van der Waals surface area contributed by atoms with E-state index in [-0.39, 0.29) is 12.4 Å². The van der Waals surface area contributed by atoms with Crippen LogP contribution in [0.1, 0.15) is 16.7 Å². The Bertz CT molecular complexity index is 632. The second kappa shape index (κ2) is 6.31. The second-order valence-corrected chi connectivity index (χ2v) is 3.88. The molecule has 0 aliphatic carbocycles. The van der Waals surface area contributed by atoms with Gasteiger partial charge in [-0.2, -0.15) is 5.26 Å². The van der Waals surface area contributed by atoms with Crippen molar-refractivity contribution in [2.75, 3.05) is 0 Å². The van der Waals surface area contributed by atoms with Crippen molar-refractivity contribution < 1.29 is 9.23 Å². The van der Waals surface area contributed by atoms with Crippen LogP contribution in [0.5, 0.6) is 0 Å². The summed E-state index contributed by atoms with van der Waals surface area (Å²) in [6.45, 7) is 0.265. The molecule has 2 aromatic carbocycles. The zero-order valence-electron chi connectivity index (χ0n) is 10.1. The van der Waals surface area contributed by atoms with Crippen molar-refractivity contribution in [3.63, 3.8) is 0 Å². The molecule has 3 nitrogen and oxygen atoms in total. The molecule has 2 aromatic rings. The Morgan fingerprint density at radius 2 is 2.05 bits per heavy atom. The summed E-state index contributed by atoms with van der Waals surface area (Å²) in [5.41, 5.74) is 2.07. The molecule has 0 aliphatic rings. The molecule has 2 rings (SSSR count). The van der Waals surface area contributed by atoms with E-state index in [4.69, 9.17) is 10.1 Å². The van der Waals surface area contributed by atoms with Crippen molar-refractivity contribution in [1.29, 1.82) is 5.26 Å². The van der Waals surface area contributed by atoms with E-state index >= 15 is 0 Å². The highest BCUT2D eigenvalue weighted by atomic mass is 19.1. The highest BCUT2D eigenvalue weighted by Crippen LogP contribution is 2.06. The van der Waals surface area contributed by atoms with Crippen molar-refractivity contribution in [3.8, 4) is 6.07 Å². The standard InChI is InChI=1S/C15H11FN2O/c16-15-6-2-4-13(8-15)10-18-19-11-14-5-1-3-12(7-14)9-17/h1-8,10H,11H2. The third-order valence-corrected chi connectivity index (χ3v) is 2.41. The van der Waals surface area contributed by atoms with E-state index in [9.17, 15) is 4.39 Å². The Hall–Kier alpha value is -2.67. The Morgan fingerprint density at radius 1 is 1.21 bits per heavy atom. The zero-order valence-corrected chi connectivity index (χ0v) is 10.1. The Balaban J connectivity index is 1.91. The van der Waals surface area contributed by atoms with Gasteiger partial charge in [0.05, 0.1) is 17.8 Å². The molecule has 0 atom stereocenters. The maximum Gasteiger partial charge on any atom is 0.142 e. The number of hydrogen-bond donors (Lipinski definition) is 0. The van der Waals surface area contributed by atoms with Crippen LogP contribution in [0.3, 0.4) is 0 Å². The van der Waals surface area contributed by atoms with Gasteiger partial charge in [0, 0.05) is 0 Å². The number of nitriles is 1. The van der Waals surface area contributed by atoms with E-state index in [2.05, 4.69) is 11.2 Å². The van der Waals surface area contributed by atoms with Gasteiger partial charge in [0.1, 0.15) is 12.4 Å². The zero-order chi connectivity index (χ0) is 13.5. The van der Waals surface area contributed by atoms with Crippen molar-refractivity contribution >= 4 is 6.21 Å². The molecule has 0 amide bonds.